The first kappa shape index (κ1) is 29.1. The molecule has 202 valence electrons. The van der Waals surface area contributed by atoms with Crippen LogP contribution in [0.3, 0.4) is 0 Å². The van der Waals surface area contributed by atoms with E-state index in [4.69, 9.17) is 27.9 Å². The zero-order valence-corrected chi connectivity index (χ0v) is 23.6. The number of rotatable bonds is 10. The molecule has 37 heavy (non-hydrogen) atoms. The molecule has 0 heterocycles. The van der Waals surface area contributed by atoms with Gasteiger partial charge in [-0.15, -0.1) is 0 Å². The number of anilines is 1. The fourth-order valence-electron chi connectivity index (χ4n) is 4.37. The SMILES string of the molecule is COc1cccc(CN(C(=O)CN(c2ccc(Cl)c(Cl)c2)S(C)(=O)=O)[C@@H](C)C(=O)NC2CCCCC2)c1. The van der Waals surface area contributed by atoms with Crippen LogP contribution < -0.4 is 14.4 Å². The van der Waals surface area contributed by atoms with Gasteiger partial charge < -0.3 is 15.0 Å². The largest absolute Gasteiger partial charge is 0.497 e. The number of halogens is 2. The standard InChI is InChI=1S/C26H33Cl2N3O5S/c1-18(26(33)29-20-9-5-4-6-10-20)30(16-19-8-7-11-22(14-19)36-2)25(32)17-31(37(3,34)35)21-12-13-23(27)24(28)15-21/h7-8,11-15,18,20H,4-6,9-10,16-17H2,1-3H3,(H,29,33)/t18-/m0/s1. The summed E-state index contributed by atoms with van der Waals surface area (Å²) in [4.78, 5) is 28.3. The van der Waals surface area contributed by atoms with E-state index in [9.17, 15) is 18.0 Å². The lowest BCUT2D eigenvalue weighted by atomic mass is 9.95. The highest BCUT2D eigenvalue weighted by Crippen LogP contribution is 2.29. The van der Waals surface area contributed by atoms with E-state index in [1.807, 2.05) is 6.07 Å². The first-order chi connectivity index (χ1) is 17.5. The van der Waals surface area contributed by atoms with Crippen molar-refractivity contribution in [3.05, 3.63) is 58.1 Å². The van der Waals surface area contributed by atoms with Crippen LogP contribution in [0, 0.1) is 0 Å². The van der Waals surface area contributed by atoms with Gasteiger partial charge in [0.05, 0.1) is 29.1 Å². The van der Waals surface area contributed by atoms with E-state index in [-0.39, 0.29) is 34.2 Å². The first-order valence-electron chi connectivity index (χ1n) is 12.1. The van der Waals surface area contributed by atoms with E-state index in [1.54, 1.807) is 32.2 Å². The van der Waals surface area contributed by atoms with Crippen LogP contribution in [0.5, 0.6) is 5.75 Å². The third-order valence-corrected chi connectivity index (χ3v) is 8.36. The maximum atomic E-state index is 13.7. The molecule has 1 aliphatic rings. The number of ether oxygens (including phenoxy) is 1. The Kier molecular flexibility index (Phi) is 10.1. The lowest BCUT2D eigenvalue weighted by Crippen LogP contribution is -2.52. The van der Waals surface area contributed by atoms with Crippen LogP contribution in [0.2, 0.25) is 10.0 Å². The van der Waals surface area contributed by atoms with Crippen molar-refractivity contribution in [2.24, 2.45) is 0 Å². The summed E-state index contributed by atoms with van der Waals surface area (Å²) in [6.45, 7) is 1.23. The summed E-state index contributed by atoms with van der Waals surface area (Å²) in [5.41, 5.74) is 0.941. The van der Waals surface area contributed by atoms with Gasteiger partial charge in [0.1, 0.15) is 18.3 Å². The van der Waals surface area contributed by atoms with Gasteiger partial charge in [0.25, 0.3) is 0 Å². The molecule has 2 aromatic carbocycles. The first-order valence-corrected chi connectivity index (χ1v) is 14.8. The lowest BCUT2D eigenvalue weighted by molar-refractivity contribution is -0.139. The molecule has 8 nitrogen and oxygen atoms in total. The molecule has 1 atom stereocenters. The van der Waals surface area contributed by atoms with E-state index < -0.39 is 28.5 Å². The van der Waals surface area contributed by atoms with Crippen LogP contribution in [0.4, 0.5) is 5.69 Å². The van der Waals surface area contributed by atoms with Gasteiger partial charge in [0.2, 0.25) is 21.8 Å². The van der Waals surface area contributed by atoms with Gasteiger partial charge in [-0.25, -0.2) is 8.42 Å². The van der Waals surface area contributed by atoms with Gasteiger partial charge in [-0.1, -0.05) is 54.6 Å². The number of hydrogen-bond acceptors (Lipinski definition) is 5. The molecule has 0 bridgehead atoms. The number of amides is 2. The molecular formula is C26H33Cl2N3O5S. The van der Waals surface area contributed by atoms with Crippen molar-refractivity contribution in [3.63, 3.8) is 0 Å². The zero-order valence-electron chi connectivity index (χ0n) is 21.2. The smallest absolute Gasteiger partial charge is 0.244 e. The van der Waals surface area contributed by atoms with Crippen molar-refractivity contribution in [3.8, 4) is 5.75 Å². The number of carbonyl (C=O) groups excluding carboxylic acids is 2. The third-order valence-electron chi connectivity index (χ3n) is 6.48. The van der Waals surface area contributed by atoms with Crippen LogP contribution in [-0.4, -0.2) is 57.1 Å². The number of methoxy groups -OCH3 is 1. The quantitative estimate of drug-likeness (QED) is 0.449. The summed E-state index contributed by atoms with van der Waals surface area (Å²) in [5, 5.41) is 3.49. The van der Waals surface area contributed by atoms with Crippen molar-refractivity contribution in [2.75, 3.05) is 24.2 Å². The van der Waals surface area contributed by atoms with E-state index in [2.05, 4.69) is 5.32 Å². The Morgan fingerprint density at radius 1 is 1.08 bits per heavy atom. The second-order valence-electron chi connectivity index (χ2n) is 9.26. The van der Waals surface area contributed by atoms with E-state index >= 15 is 0 Å². The molecule has 1 aliphatic carbocycles. The Morgan fingerprint density at radius 3 is 2.41 bits per heavy atom. The normalized spacial score (nSPS) is 15.1. The molecule has 1 N–H and O–H groups in total. The summed E-state index contributed by atoms with van der Waals surface area (Å²) in [7, 11) is -2.32. The van der Waals surface area contributed by atoms with Gasteiger partial charge in [-0.3, -0.25) is 13.9 Å². The topological polar surface area (TPSA) is 96.0 Å². The summed E-state index contributed by atoms with van der Waals surface area (Å²) < 4.78 is 31.6. The molecule has 11 heteroatoms. The predicted octanol–water partition coefficient (Wildman–Crippen LogP) is 4.63. The fraction of sp³-hybridized carbons (Fsp3) is 0.462. The number of nitrogens with zero attached hydrogens (tertiary/aromatic N) is 2. The molecule has 2 amide bonds. The second kappa shape index (κ2) is 12.8. The predicted molar refractivity (Wildman–Crippen MR) is 147 cm³/mol. The molecule has 0 aliphatic heterocycles. The minimum atomic E-state index is -3.86. The summed E-state index contributed by atoms with van der Waals surface area (Å²) in [6.07, 6.45) is 6.08. The maximum absolute atomic E-state index is 13.7. The van der Waals surface area contributed by atoms with E-state index in [1.165, 1.54) is 23.1 Å². The van der Waals surface area contributed by atoms with Gasteiger partial charge in [-0.05, 0) is 55.7 Å². The Morgan fingerprint density at radius 2 is 1.78 bits per heavy atom. The minimum absolute atomic E-state index is 0.0706. The van der Waals surface area contributed by atoms with Crippen LogP contribution in [0.25, 0.3) is 0 Å². The average molecular weight is 571 g/mol. The molecule has 1 saturated carbocycles. The average Bonchev–Trinajstić information content (AvgIpc) is 2.87. The number of nitrogens with one attached hydrogen (secondary N) is 1. The minimum Gasteiger partial charge on any atom is -0.497 e. The Labute approximate surface area is 228 Å². The highest BCUT2D eigenvalue weighted by Gasteiger charge is 2.31. The summed E-state index contributed by atoms with van der Waals surface area (Å²) in [6, 6.07) is 10.7. The number of hydrogen-bond donors (Lipinski definition) is 1. The maximum Gasteiger partial charge on any atom is 0.244 e. The van der Waals surface area contributed by atoms with E-state index in [0.717, 1.165) is 48.2 Å². The summed E-state index contributed by atoms with van der Waals surface area (Å²) >= 11 is 12.1. The van der Waals surface area contributed by atoms with Gasteiger partial charge in [-0.2, -0.15) is 0 Å². The molecule has 3 rings (SSSR count). The van der Waals surface area contributed by atoms with Crippen molar-refractivity contribution < 1.29 is 22.7 Å². The van der Waals surface area contributed by atoms with Gasteiger partial charge in [0, 0.05) is 12.6 Å². The molecule has 2 aromatic rings. The van der Waals surface area contributed by atoms with Gasteiger partial charge >= 0.3 is 0 Å². The van der Waals surface area contributed by atoms with Crippen molar-refractivity contribution in [1.82, 2.24) is 10.2 Å². The Bertz CT molecular complexity index is 1220. The molecule has 0 aromatic heterocycles. The molecule has 0 saturated heterocycles. The van der Waals surface area contributed by atoms with Crippen LogP contribution in [0.15, 0.2) is 42.5 Å². The Balaban J connectivity index is 1.89. The molecule has 1 fully saturated rings. The van der Waals surface area contributed by atoms with Gasteiger partial charge in [0.15, 0.2) is 0 Å². The molecule has 0 spiro atoms. The number of sulfonamides is 1. The zero-order chi connectivity index (χ0) is 27.2. The van der Waals surface area contributed by atoms with Crippen LogP contribution in [0.1, 0.15) is 44.6 Å². The number of carbonyl (C=O) groups is 2. The fourth-order valence-corrected chi connectivity index (χ4v) is 5.51. The van der Waals surface area contributed by atoms with Crippen LogP contribution in [-0.2, 0) is 26.2 Å². The highest BCUT2D eigenvalue weighted by atomic mass is 35.5. The lowest BCUT2D eigenvalue weighted by Gasteiger charge is -2.33. The second-order valence-corrected chi connectivity index (χ2v) is 12.0. The highest BCUT2D eigenvalue weighted by molar-refractivity contribution is 7.92. The van der Waals surface area contributed by atoms with Crippen molar-refractivity contribution in [1.29, 1.82) is 0 Å². The Hall–Kier alpha value is -2.49. The van der Waals surface area contributed by atoms with Crippen molar-refractivity contribution >= 4 is 50.7 Å². The monoisotopic (exact) mass is 569 g/mol. The van der Waals surface area contributed by atoms with Crippen LogP contribution >= 0.6 is 23.2 Å². The molecular weight excluding hydrogens is 537 g/mol. The van der Waals surface area contributed by atoms with Crippen molar-refractivity contribution in [2.45, 2.75) is 57.7 Å². The molecule has 0 unspecified atom stereocenters. The molecule has 0 radical (unpaired) electrons. The third kappa shape index (κ3) is 7.99. The number of benzene rings is 2. The van der Waals surface area contributed by atoms with E-state index in [0.29, 0.717) is 5.75 Å². The summed E-state index contributed by atoms with van der Waals surface area (Å²) in [5.74, 6) is -0.202.